The number of likely N-dealkylation sites (N-methyl/N-ethyl adjacent to an activating group) is 1. The summed E-state index contributed by atoms with van der Waals surface area (Å²) >= 11 is 0. The summed E-state index contributed by atoms with van der Waals surface area (Å²) in [5, 5.41) is 13.5. The first-order valence-corrected chi connectivity index (χ1v) is 5.10. The highest BCUT2D eigenvalue weighted by Crippen LogP contribution is 2.14. The Bertz CT molecular complexity index is 229. The lowest BCUT2D eigenvalue weighted by atomic mass is 9.98. The Morgan fingerprint density at radius 1 is 1.57 bits per heavy atom. The van der Waals surface area contributed by atoms with Crippen LogP contribution in [0.1, 0.15) is 12.8 Å². The Morgan fingerprint density at radius 3 is 3.14 bits per heavy atom. The monoisotopic (exact) mass is 193 g/mol. The lowest BCUT2D eigenvalue weighted by Gasteiger charge is -2.25. The number of piperidine rings is 1. The molecule has 1 atom stereocenters. The fourth-order valence-electron chi connectivity index (χ4n) is 1.72. The average Bonchev–Trinajstić information content (AvgIpc) is 2.19. The Hall–Kier alpha value is -0.930. The van der Waals surface area contributed by atoms with Gasteiger partial charge in [-0.15, -0.1) is 0 Å². The molecule has 1 unspecified atom stereocenters. The molecule has 1 saturated heterocycles. The van der Waals surface area contributed by atoms with Gasteiger partial charge in [0.25, 0.3) is 0 Å². The largest absolute Gasteiger partial charge is 0.318 e. The molecule has 0 saturated carbocycles. The first kappa shape index (κ1) is 11.1. The minimum Gasteiger partial charge on any atom is -0.318 e. The molecule has 0 aromatic carbocycles. The van der Waals surface area contributed by atoms with Crippen LogP contribution in [0.3, 0.4) is 0 Å². The number of allylic oxidation sites excluding steroid dienone is 3. The highest BCUT2D eigenvalue weighted by atomic mass is 15.0. The molecule has 14 heavy (non-hydrogen) atoms. The molecular formula is C11H19N3. The molecule has 0 spiro atoms. The molecule has 0 radical (unpaired) electrons. The van der Waals surface area contributed by atoms with Gasteiger partial charge in [-0.25, -0.2) is 0 Å². The number of hydrogen-bond donors (Lipinski definition) is 3. The molecule has 1 aliphatic rings. The van der Waals surface area contributed by atoms with E-state index in [0.29, 0.717) is 6.04 Å². The third-order valence-corrected chi connectivity index (χ3v) is 2.38. The highest BCUT2D eigenvalue weighted by Gasteiger charge is 2.14. The molecule has 0 bridgehead atoms. The van der Waals surface area contributed by atoms with E-state index in [-0.39, 0.29) is 0 Å². The summed E-state index contributed by atoms with van der Waals surface area (Å²) in [6.45, 7) is 2.09. The summed E-state index contributed by atoms with van der Waals surface area (Å²) in [5.41, 5.74) is 1.47. The SMILES string of the molecule is CNCC1C/C(=C/C=C\C=N)CCN1. The Morgan fingerprint density at radius 2 is 2.43 bits per heavy atom. The molecule has 0 aromatic rings. The summed E-state index contributed by atoms with van der Waals surface area (Å²) < 4.78 is 0. The number of nitrogens with one attached hydrogen (secondary N) is 3. The summed E-state index contributed by atoms with van der Waals surface area (Å²) in [4.78, 5) is 0. The highest BCUT2D eigenvalue weighted by molar-refractivity contribution is 5.68. The summed E-state index contributed by atoms with van der Waals surface area (Å²) in [7, 11) is 1.98. The van der Waals surface area contributed by atoms with Crippen LogP contribution in [0.15, 0.2) is 23.8 Å². The summed E-state index contributed by atoms with van der Waals surface area (Å²) in [6.07, 6.45) is 9.38. The molecule has 0 aliphatic carbocycles. The van der Waals surface area contributed by atoms with Crippen LogP contribution in [0.25, 0.3) is 0 Å². The van der Waals surface area contributed by atoms with Crippen molar-refractivity contribution >= 4 is 6.21 Å². The van der Waals surface area contributed by atoms with Crippen LogP contribution in [0.5, 0.6) is 0 Å². The maximum absolute atomic E-state index is 6.86. The maximum atomic E-state index is 6.86. The van der Waals surface area contributed by atoms with Crippen molar-refractivity contribution in [1.82, 2.24) is 10.6 Å². The lowest BCUT2D eigenvalue weighted by molar-refractivity contribution is 0.448. The van der Waals surface area contributed by atoms with Crippen molar-refractivity contribution < 1.29 is 0 Å². The van der Waals surface area contributed by atoms with Crippen molar-refractivity contribution in [1.29, 1.82) is 5.41 Å². The third-order valence-electron chi connectivity index (χ3n) is 2.38. The van der Waals surface area contributed by atoms with Gasteiger partial charge in [0.15, 0.2) is 0 Å². The molecule has 3 heteroatoms. The minimum atomic E-state index is 0.563. The van der Waals surface area contributed by atoms with E-state index in [2.05, 4.69) is 16.7 Å². The van der Waals surface area contributed by atoms with Gasteiger partial charge in [0.05, 0.1) is 0 Å². The van der Waals surface area contributed by atoms with E-state index < -0.39 is 0 Å². The van der Waals surface area contributed by atoms with Crippen molar-refractivity contribution in [3.8, 4) is 0 Å². The van der Waals surface area contributed by atoms with Gasteiger partial charge in [0.1, 0.15) is 0 Å². The Balaban J connectivity index is 2.42. The van der Waals surface area contributed by atoms with Crippen LogP contribution in [-0.2, 0) is 0 Å². The molecule has 78 valence electrons. The standard InChI is InChI=1S/C11H19N3/c1-13-9-11-8-10(5-7-14-11)4-2-3-6-12/h2-4,6,11-14H,5,7-9H2,1H3/b3-2-,10-4+,12-6?. The van der Waals surface area contributed by atoms with E-state index in [9.17, 15) is 0 Å². The molecule has 0 amide bonds. The van der Waals surface area contributed by atoms with Crippen LogP contribution in [0.2, 0.25) is 0 Å². The molecule has 0 aromatic heterocycles. The van der Waals surface area contributed by atoms with Crippen molar-refractivity contribution in [2.45, 2.75) is 18.9 Å². The van der Waals surface area contributed by atoms with Gasteiger partial charge in [-0.05, 0) is 32.5 Å². The van der Waals surface area contributed by atoms with E-state index in [1.165, 1.54) is 11.8 Å². The van der Waals surface area contributed by atoms with Gasteiger partial charge in [0.2, 0.25) is 0 Å². The van der Waals surface area contributed by atoms with E-state index in [4.69, 9.17) is 5.41 Å². The van der Waals surface area contributed by atoms with E-state index in [1.807, 2.05) is 13.1 Å². The van der Waals surface area contributed by atoms with Crippen LogP contribution in [-0.4, -0.2) is 32.4 Å². The predicted molar refractivity (Wildman–Crippen MR) is 61.0 cm³/mol. The normalized spacial score (nSPS) is 25.8. The van der Waals surface area contributed by atoms with Gasteiger partial charge < -0.3 is 16.0 Å². The first-order valence-electron chi connectivity index (χ1n) is 5.10. The van der Waals surface area contributed by atoms with Gasteiger partial charge in [0, 0.05) is 18.8 Å². The number of hydrogen-bond acceptors (Lipinski definition) is 3. The molecule has 1 fully saturated rings. The zero-order valence-electron chi connectivity index (χ0n) is 8.72. The lowest BCUT2D eigenvalue weighted by Crippen LogP contribution is -2.41. The zero-order chi connectivity index (χ0) is 10.2. The van der Waals surface area contributed by atoms with E-state index in [1.54, 1.807) is 6.08 Å². The summed E-state index contributed by atoms with van der Waals surface area (Å²) in [6, 6.07) is 0.563. The first-order chi connectivity index (χ1) is 6.86. The Kier molecular flexibility index (Phi) is 5.19. The van der Waals surface area contributed by atoms with E-state index >= 15 is 0 Å². The third kappa shape index (κ3) is 3.85. The van der Waals surface area contributed by atoms with Gasteiger partial charge in [-0.1, -0.05) is 17.7 Å². The quantitative estimate of drug-likeness (QED) is 0.585. The zero-order valence-corrected chi connectivity index (χ0v) is 8.72. The molecule has 1 heterocycles. The van der Waals surface area contributed by atoms with Gasteiger partial charge in [-0.3, -0.25) is 0 Å². The van der Waals surface area contributed by atoms with Crippen molar-refractivity contribution in [3.05, 3.63) is 23.8 Å². The molecular weight excluding hydrogens is 174 g/mol. The van der Waals surface area contributed by atoms with Crippen LogP contribution in [0, 0.1) is 5.41 Å². The molecule has 3 N–H and O–H groups in total. The molecule has 1 aliphatic heterocycles. The smallest absolute Gasteiger partial charge is 0.0229 e. The second-order valence-electron chi connectivity index (χ2n) is 3.54. The van der Waals surface area contributed by atoms with Crippen molar-refractivity contribution in [2.75, 3.05) is 20.1 Å². The number of rotatable bonds is 4. The van der Waals surface area contributed by atoms with Crippen molar-refractivity contribution in [3.63, 3.8) is 0 Å². The van der Waals surface area contributed by atoms with Gasteiger partial charge >= 0.3 is 0 Å². The summed E-state index contributed by atoms with van der Waals surface area (Å²) in [5.74, 6) is 0. The molecule has 3 nitrogen and oxygen atoms in total. The van der Waals surface area contributed by atoms with Crippen molar-refractivity contribution in [2.24, 2.45) is 0 Å². The fraction of sp³-hybridized carbons (Fsp3) is 0.545. The van der Waals surface area contributed by atoms with Crippen LogP contribution in [0.4, 0.5) is 0 Å². The second kappa shape index (κ2) is 6.51. The van der Waals surface area contributed by atoms with Crippen LogP contribution >= 0.6 is 0 Å². The van der Waals surface area contributed by atoms with Gasteiger partial charge in [-0.2, -0.15) is 0 Å². The second-order valence-corrected chi connectivity index (χ2v) is 3.54. The average molecular weight is 193 g/mol. The van der Waals surface area contributed by atoms with E-state index in [0.717, 1.165) is 25.9 Å². The maximum Gasteiger partial charge on any atom is 0.0229 e. The Labute approximate surface area is 85.8 Å². The topological polar surface area (TPSA) is 47.9 Å². The van der Waals surface area contributed by atoms with Crippen LogP contribution < -0.4 is 10.6 Å². The predicted octanol–water partition coefficient (Wildman–Crippen LogP) is 1.09. The minimum absolute atomic E-state index is 0.563. The molecule has 1 rings (SSSR count). The fourth-order valence-corrected chi connectivity index (χ4v) is 1.72.